The van der Waals surface area contributed by atoms with Crippen LogP contribution in [0.2, 0.25) is 0 Å². The lowest BCUT2D eigenvalue weighted by atomic mass is 9.97. The number of carbonyl (C=O) groups is 1. The molecule has 4 aromatic carbocycles. The molecule has 8 nitrogen and oxygen atoms in total. The summed E-state index contributed by atoms with van der Waals surface area (Å²) >= 11 is 0. The third-order valence-corrected chi connectivity index (χ3v) is 9.28. The first-order valence-corrected chi connectivity index (χ1v) is 16.3. The first kappa shape index (κ1) is 29.4. The number of nitrogens with zero attached hydrogens (tertiary/aromatic N) is 3. The third-order valence-electron chi connectivity index (χ3n) is 7.90. The Morgan fingerprint density at radius 2 is 1.59 bits per heavy atom. The van der Waals surface area contributed by atoms with Crippen LogP contribution in [0.25, 0.3) is 0 Å². The summed E-state index contributed by atoms with van der Waals surface area (Å²) in [5.41, 5.74) is 4.02. The van der Waals surface area contributed by atoms with Crippen LogP contribution < -0.4 is 14.9 Å². The van der Waals surface area contributed by atoms with Crippen molar-refractivity contribution in [2.24, 2.45) is 4.99 Å². The summed E-state index contributed by atoms with van der Waals surface area (Å²) in [6.07, 6.45) is 3.65. The average molecular weight is 612 g/mol. The van der Waals surface area contributed by atoms with E-state index in [1.807, 2.05) is 42.5 Å². The van der Waals surface area contributed by atoms with Gasteiger partial charge in [-0.3, -0.25) is 9.52 Å². The largest absolute Gasteiger partial charge is 0.352 e. The number of benzene rings is 4. The molecule has 6 rings (SSSR count). The van der Waals surface area contributed by atoms with Crippen LogP contribution in [0.1, 0.15) is 42.9 Å². The molecule has 0 saturated carbocycles. The summed E-state index contributed by atoms with van der Waals surface area (Å²) in [6.45, 7) is 2.14. The molecule has 226 valence electrons. The summed E-state index contributed by atoms with van der Waals surface area (Å²) < 4.78 is 41.3. The van der Waals surface area contributed by atoms with Crippen molar-refractivity contribution in [2.45, 2.75) is 43.2 Å². The second-order valence-electron chi connectivity index (χ2n) is 11.0. The fourth-order valence-corrected chi connectivity index (χ4v) is 6.79. The Labute approximate surface area is 257 Å². The zero-order chi connectivity index (χ0) is 30.5. The van der Waals surface area contributed by atoms with E-state index in [-0.39, 0.29) is 29.8 Å². The predicted molar refractivity (Wildman–Crippen MR) is 171 cm³/mol. The molecule has 4 aromatic rings. The maximum absolute atomic E-state index is 13.5. The average Bonchev–Trinajstić information content (AvgIpc) is 3.05. The molecule has 10 heteroatoms. The molecule has 0 aliphatic carbocycles. The molecule has 0 spiro atoms. The monoisotopic (exact) mass is 611 g/mol. The summed E-state index contributed by atoms with van der Waals surface area (Å²) in [4.78, 5) is 23.0. The van der Waals surface area contributed by atoms with Crippen molar-refractivity contribution in [1.82, 2.24) is 10.2 Å². The van der Waals surface area contributed by atoms with E-state index in [1.54, 1.807) is 24.3 Å². The summed E-state index contributed by atoms with van der Waals surface area (Å²) in [5.74, 6) is 0.141. The Kier molecular flexibility index (Phi) is 8.60. The van der Waals surface area contributed by atoms with E-state index >= 15 is 0 Å². The van der Waals surface area contributed by atoms with Crippen LogP contribution >= 0.6 is 0 Å². The van der Waals surface area contributed by atoms with Crippen LogP contribution in [0, 0.1) is 5.82 Å². The number of hydrogen-bond acceptors (Lipinski definition) is 6. The maximum atomic E-state index is 13.5. The van der Waals surface area contributed by atoms with Gasteiger partial charge in [0.2, 0.25) is 11.9 Å². The zero-order valence-electron chi connectivity index (χ0n) is 24.2. The van der Waals surface area contributed by atoms with Crippen molar-refractivity contribution >= 4 is 39.0 Å². The van der Waals surface area contributed by atoms with Gasteiger partial charge in [0.05, 0.1) is 23.0 Å². The first-order valence-electron chi connectivity index (χ1n) is 14.8. The number of halogens is 1. The molecule has 1 amide bonds. The maximum Gasteiger partial charge on any atom is 0.261 e. The van der Waals surface area contributed by atoms with Gasteiger partial charge in [-0.2, -0.15) is 0 Å². The molecule has 2 aliphatic heterocycles. The number of aliphatic imine (C=N–C) groups is 1. The molecule has 2 N–H and O–H groups in total. The number of likely N-dealkylation sites (tertiary alicyclic amines) is 1. The van der Waals surface area contributed by atoms with Crippen LogP contribution in [-0.4, -0.2) is 38.3 Å². The van der Waals surface area contributed by atoms with E-state index in [1.165, 1.54) is 24.6 Å². The number of para-hydroxylation sites is 2. The Hall–Kier alpha value is -4.70. The molecular formula is C34H34FN5O3S. The van der Waals surface area contributed by atoms with Gasteiger partial charge in [-0.1, -0.05) is 54.6 Å². The van der Waals surface area contributed by atoms with Gasteiger partial charge in [0.15, 0.2) is 0 Å². The number of guanidine groups is 1. The molecule has 1 saturated heterocycles. The number of rotatable bonds is 8. The highest BCUT2D eigenvalue weighted by Gasteiger charge is 2.35. The zero-order valence-corrected chi connectivity index (χ0v) is 25.0. The lowest BCUT2D eigenvalue weighted by Gasteiger charge is -2.43. The Morgan fingerprint density at radius 1 is 0.864 bits per heavy atom. The van der Waals surface area contributed by atoms with Crippen LogP contribution in [0.3, 0.4) is 0 Å². The molecule has 2 aliphatic rings. The van der Waals surface area contributed by atoms with E-state index in [4.69, 9.17) is 4.99 Å². The van der Waals surface area contributed by atoms with E-state index in [2.05, 4.69) is 32.0 Å². The number of fused-ring (bicyclic) bond motifs is 1. The highest BCUT2D eigenvalue weighted by atomic mass is 32.2. The Bertz CT molecular complexity index is 1760. The minimum Gasteiger partial charge on any atom is -0.352 e. The second-order valence-corrected chi connectivity index (χ2v) is 12.7. The molecule has 1 unspecified atom stereocenters. The van der Waals surface area contributed by atoms with E-state index < -0.39 is 15.8 Å². The number of hydrogen-bond donors (Lipinski definition) is 2. The molecular weight excluding hydrogens is 577 g/mol. The van der Waals surface area contributed by atoms with Crippen molar-refractivity contribution in [2.75, 3.05) is 22.7 Å². The molecule has 0 bridgehead atoms. The lowest BCUT2D eigenvalue weighted by Crippen LogP contribution is -2.50. The van der Waals surface area contributed by atoms with E-state index in [0.29, 0.717) is 5.69 Å². The van der Waals surface area contributed by atoms with Gasteiger partial charge < -0.3 is 15.1 Å². The van der Waals surface area contributed by atoms with Gasteiger partial charge in [0.1, 0.15) is 5.82 Å². The van der Waals surface area contributed by atoms with E-state index in [9.17, 15) is 17.6 Å². The normalized spacial score (nSPS) is 16.6. The number of nitrogens with one attached hydrogen (secondary N) is 2. The van der Waals surface area contributed by atoms with Gasteiger partial charge in [0.25, 0.3) is 10.0 Å². The number of anilines is 2. The first-order chi connectivity index (χ1) is 21.4. The lowest BCUT2D eigenvalue weighted by molar-refractivity contribution is -0.121. The Morgan fingerprint density at radius 3 is 2.34 bits per heavy atom. The van der Waals surface area contributed by atoms with Crippen molar-refractivity contribution in [3.05, 3.63) is 120 Å². The quantitative estimate of drug-likeness (QED) is 0.242. The van der Waals surface area contributed by atoms with Gasteiger partial charge in [0, 0.05) is 36.6 Å². The van der Waals surface area contributed by atoms with Gasteiger partial charge in [-0.25, -0.2) is 17.8 Å². The standard InChI is InChI=1S/C34H34FN5O3S/c35-26-10-9-13-29(22-26)44(42,43)38-27-18-16-25(17-19-27)24-36-33(41)23-32-30-14-5-6-15-31(30)37-34(39-20-7-2-8-21-39)40(32)28-11-3-1-4-12-28/h1,3-6,9-19,22,32,38H,2,7-8,20-21,23-24H2,(H,36,41). The van der Waals surface area contributed by atoms with Gasteiger partial charge in [-0.05, 0) is 73.4 Å². The summed E-state index contributed by atoms with van der Waals surface area (Å²) in [5, 5.41) is 3.04. The van der Waals surface area contributed by atoms with Crippen LogP contribution in [-0.2, 0) is 21.4 Å². The third kappa shape index (κ3) is 6.60. The number of sulfonamides is 1. The topological polar surface area (TPSA) is 94.1 Å². The molecule has 44 heavy (non-hydrogen) atoms. The van der Waals surface area contributed by atoms with Crippen molar-refractivity contribution in [1.29, 1.82) is 0 Å². The molecule has 1 fully saturated rings. The van der Waals surface area contributed by atoms with Crippen LogP contribution in [0.5, 0.6) is 0 Å². The minimum atomic E-state index is -3.93. The summed E-state index contributed by atoms with van der Waals surface area (Å²) in [6, 6.07) is 29.5. The van der Waals surface area contributed by atoms with E-state index in [0.717, 1.165) is 60.5 Å². The Balaban J connectivity index is 1.17. The van der Waals surface area contributed by atoms with Crippen molar-refractivity contribution in [3.8, 4) is 0 Å². The smallest absolute Gasteiger partial charge is 0.261 e. The van der Waals surface area contributed by atoms with Crippen LogP contribution in [0.15, 0.2) is 113 Å². The van der Waals surface area contributed by atoms with Crippen molar-refractivity contribution < 1.29 is 17.6 Å². The van der Waals surface area contributed by atoms with Gasteiger partial charge >= 0.3 is 0 Å². The number of amides is 1. The highest BCUT2D eigenvalue weighted by molar-refractivity contribution is 7.92. The SMILES string of the molecule is O=C(CC1c2ccccc2N=C(N2CCCCC2)N1c1ccccc1)NCc1ccc(NS(=O)(=O)c2cccc(F)c2)cc1. The molecule has 2 heterocycles. The number of piperidine rings is 1. The fraction of sp³-hybridized carbons (Fsp3) is 0.235. The molecule has 1 atom stereocenters. The second kappa shape index (κ2) is 12.9. The van der Waals surface area contributed by atoms with Crippen LogP contribution in [0.4, 0.5) is 21.5 Å². The highest BCUT2D eigenvalue weighted by Crippen LogP contribution is 2.40. The summed E-state index contributed by atoms with van der Waals surface area (Å²) in [7, 11) is -3.93. The number of carbonyl (C=O) groups excluding carboxylic acids is 1. The fourth-order valence-electron chi connectivity index (χ4n) is 5.70. The minimum absolute atomic E-state index is 0.110. The van der Waals surface area contributed by atoms with Gasteiger partial charge in [-0.15, -0.1) is 0 Å². The molecule has 0 radical (unpaired) electrons. The van der Waals surface area contributed by atoms with Crippen molar-refractivity contribution in [3.63, 3.8) is 0 Å². The molecule has 0 aromatic heterocycles. The predicted octanol–water partition coefficient (Wildman–Crippen LogP) is 6.37.